The predicted molar refractivity (Wildman–Crippen MR) is 122 cm³/mol. The van der Waals surface area contributed by atoms with Gasteiger partial charge in [0.1, 0.15) is 0 Å². The quantitative estimate of drug-likeness (QED) is 0.428. The molecule has 1 saturated heterocycles. The van der Waals surface area contributed by atoms with E-state index in [0.717, 1.165) is 49.7 Å². The van der Waals surface area contributed by atoms with E-state index < -0.39 is 0 Å². The Balaban J connectivity index is 1.49. The highest BCUT2D eigenvalue weighted by Crippen LogP contribution is 2.82. The lowest BCUT2D eigenvalue weighted by Crippen LogP contribution is -2.73. The number of nitrogens with zero attached hydrogens (tertiary/aromatic N) is 2. The van der Waals surface area contributed by atoms with Crippen molar-refractivity contribution < 1.29 is 4.79 Å². The Hall–Kier alpha value is 0.220. The van der Waals surface area contributed by atoms with E-state index in [1.807, 2.05) is 18.2 Å². The second-order valence-corrected chi connectivity index (χ2v) is 13.0. The van der Waals surface area contributed by atoms with E-state index >= 15 is 0 Å². The molecule has 7 heteroatoms. The van der Waals surface area contributed by atoms with Crippen LogP contribution in [-0.4, -0.2) is 45.5 Å². The van der Waals surface area contributed by atoms with Crippen molar-refractivity contribution in [3.8, 4) is 0 Å². The number of carbonyl (C=O) groups is 1. The summed E-state index contributed by atoms with van der Waals surface area (Å²) in [6.45, 7) is 7.77. The molecule has 1 amide bonds. The van der Waals surface area contributed by atoms with Gasteiger partial charge in [0.05, 0.1) is 9.15 Å². The molecule has 1 aliphatic heterocycles. The zero-order valence-electron chi connectivity index (χ0n) is 15.5. The molecule has 0 radical (unpaired) electrons. The minimum atomic E-state index is -0.301. The molecule has 3 nitrogen and oxygen atoms in total. The molecule has 5 rings (SSSR count). The van der Waals surface area contributed by atoms with Crippen LogP contribution in [0, 0.1) is 16.2 Å². The number of hydrogen-bond acceptors (Lipinski definition) is 2. The monoisotopic (exact) mass is 580 g/mol. The maximum absolute atomic E-state index is 13.7. The van der Waals surface area contributed by atoms with Crippen molar-refractivity contribution in [3.05, 3.63) is 29.3 Å². The molecule has 0 aromatic heterocycles. The fraction of sp³-hybridized carbons (Fsp3) is 0.650. The average molecular weight is 584 g/mol. The SMILES string of the molecule is CC1(C)C2(C(=O)N3CCN(c4cccc(Cl)c4)CC3)CCC1(C(Br)Br)C2Br. The highest BCUT2D eigenvalue weighted by Gasteiger charge is 2.83. The van der Waals surface area contributed by atoms with E-state index in [4.69, 9.17) is 11.6 Å². The molecule has 3 atom stereocenters. The number of piperazine rings is 1. The third kappa shape index (κ3) is 2.58. The third-order valence-electron chi connectivity index (χ3n) is 7.61. The standard InChI is InChI=1S/C20H24Br3ClN2O/c1-18(2)19(16(22)23)6-7-20(18,15(19)21)17(27)26-10-8-25(9-11-26)14-5-3-4-13(24)12-14/h3-5,12,15-16H,6-11H2,1-2H3. The number of benzene rings is 1. The molecule has 0 N–H and O–H groups in total. The van der Waals surface area contributed by atoms with Crippen molar-refractivity contribution >= 4 is 71.0 Å². The molecule has 1 aromatic carbocycles. The number of amides is 1. The topological polar surface area (TPSA) is 23.6 Å². The van der Waals surface area contributed by atoms with Gasteiger partial charge in [-0.2, -0.15) is 0 Å². The maximum Gasteiger partial charge on any atom is 0.230 e. The first kappa shape index (κ1) is 20.5. The smallest absolute Gasteiger partial charge is 0.230 e. The average Bonchev–Trinajstić information content (AvgIpc) is 3.11. The zero-order valence-corrected chi connectivity index (χ0v) is 21.0. The normalized spacial score (nSPS) is 34.7. The fourth-order valence-corrected chi connectivity index (χ4v) is 10.9. The minimum Gasteiger partial charge on any atom is -0.368 e. The van der Waals surface area contributed by atoms with Crippen LogP contribution in [0.1, 0.15) is 26.7 Å². The lowest BCUT2D eigenvalue weighted by atomic mass is 9.43. The van der Waals surface area contributed by atoms with Gasteiger partial charge in [0, 0.05) is 47.1 Å². The number of fused-ring (bicyclic) bond motifs is 1. The first-order chi connectivity index (χ1) is 12.7. The summed E-state index contributed by atoms with van der Waals surface area (Å²) in [5.41, 5.74) is 0.861. The molecular formula is C20H24Br3ClN2O. The van der Waals surface area contributed by atoms with E-state index in [0.29, 0.717) is 5.91 Å². The molecule has 4 aliphatic rings. The molecule has 1 heterocycles. The van der Waals surface area contributed by atoms with E-state index in [1.54, 1.807) is 0 Å². The van der Waals surface area contributed by atoms with Crippen LogP contribution < -0.4 is 4.90 Å². The van der Waals surface area contributed by atoms with Gasteiger partial charge < -0.3 is 9.80 Å². The molecule has 0 spiro atoms. The zero-order chi connectivity index (χ0) is 19.6. The molecule has 3 saturated carbocycles. The molecule has 3 unspecified atom stereocenters. The Morgan fingerprint density at radius 3 is 2.37 bits per heavy atom. The summed E-state index contributed by atoms with van der Waals surface area (Å²) in [5.74, 6) is 0.328. The van der Waals surface area contributed by atoms with Crippen molar-refractivity contribution in [1.82, 2.24) is 4.90 Å². The summed E-state index contributed by atoms with van der Waals surface area (Å²) < 4.78 is 0.208. The second kappa shape index (κ2) is 6.88. The molecule has 3 aliphatic carbocycles. The summed E-state index contributed by atoms with van der Waals surface area (Å²) in [5, 5.41) is 0.754. The molecule has 148 valence electrons. The molecule has 2 bridgehead atoms. The fourth-order valence-electron chi connectivity index (χ4n) is 5.79. The van der Waals surface area contributed by atoms with Crippen molar-refractivity contribution in [2.75, 3.05) is 31.1 Å². The number of hydrogen-bond donors (Lipinski definition) is 0. The van der Waals surface area contributed by atoms with Crippen molar-refractivity contribution in [2.24, 2.45) is 16.2 Å². The van der Waals surface area contributed by atoms with Gasteiger partial charge in [-0.25, -0.2) is 0 Å². The minimum absolute atomic E-state index is 0.0486. The molecule has 4 fully saturated rings. The van der Waals surface area contributed by atoms with Crippen LogP contribution in [0.5, 0.6) is 0 Å². The number of halogens is 4. The summed E-state index contributed by atoms with van der Waals surface area (Å²) in [6, 6.07) is 7.96. The second-order valence-electron chi connectivity index (χ2n) is 8.56. The highest BCUT2D eigenvalue weighted by atomic mass is 79.9. The van der Waals surface area contributed by atoms with Crippen LogP contribution in [0.3, 0.4) is 0 Å². The number of anilines is 1. The Morgan fingerprint density at radius 1 is 1.19 bits per heavy atom. The van der Waals surface area contributed by atoms with E-state index in [2.05, 4.69) is 77.5 Å². The Bertz CT molecular complexity index is 765. The van der Waals surface area contributed by atoms with Crippen LogP contribution in [0.25, 0.3) is 0 Å². The van der Waals surface area contributed by atoms with Crippen molar-refractivity contribution in [3.63, 3.8) is 0 Å². The van der Waals surface area contributed by atoms with Gasteiger partial charge >= 0.3 is 0 Å². The lowest BCUT2D eigenvalue weighted by molar-refractivity contribution is -0.173. The Kier molecular flexibility index (Phi) is 5.22. The van der Waals surface area contributed by atoms with Crippen molar-refractivity contribution in [1.29, 1.82) is 0 Å². The van der Waals surface area contributed by atoms with Gasteiger partial charge in [-0.3, -0.25) is 4.79 Å². The Morgan fingerprint density at radius 2 is 1.85 bits per heavy atom. The number of carbonyl (C=O) groups excluding carboxylic acids is 1. The summed E-state index contributed by atoms with van der Waals surface area (Å²) in [7, 11) is 0. The number of rotatable bonds is 3. The van der Waals surface area contributed by atoms with Crippen LogP contribution in [-0.2, 0) is 4.79 Å². The van der Waals surface area contributed by atoms with E-state index in [-0.39, 0.29) is 24.8 Å². The van der Waals surface area contributed by atoms with Gasteiger partial charge in [-0.15, -0.1) is 0 Å². The first-order valence-corrected chi connectivity index (χ1v) is 12.5. The Labute approximate surface area is 191 Å². The molecular weight excluding hydrogens is 559 g/mol. The summed E-state index contributed by atoms with van der Waals surface area (Å²) >= 11 is 17.6. The van der Waals surface area contributed by atoms with E-state index in [9.17, 15) is 4.79 Å². The summed E-state index contributed by atoms with van der Waals surface area (Å²) in [4.78, 5) is 18.3. The largest absolute Gasteiger partial charge is 0.368 e. The van der Waals surface area contributed by atoms with Crippen LogP contribution in [0.2, 0.25) is 5.02 Å². The predicted octanol–water partition coefficient (Wildman–Crippen LogP) is 5.67. The van der Waals surface area contributed by atoms with Crippen LogP contribution in [0.4, 0.5) is 5.69 Å². The molecule has 1 aromatic rings. The van der Waals surface area contributed by atoms with Gasteiger partial charge in [0.15, 0.2) is 0 Å². The van der Waals surface area contributed by atoms with Crippen molar-refractivity contribution in [2.45, 2.75) is 35.3 Å². The van der Waals surface area contributed by atoms with Gasteiger partial charge in [0.2, 0.25) is 5.91 Å². The van der Waals surface area contributed by atoms with Crippen LogP contribution >= 0.6 is 59.4 Å². The van der Waals surface area contributed by atoms with Gasteiger partial charge in [0.25, 0.3) is 0 Å². The maximum atomic E-state index is 13.7. The first-order valence-electron chi connectivity index (χ1n) is 9.40. The summed E-state index contributed by atoms with van der Waals surface area (Å²) in [6.07, 6.45) is 2.02. The molecule has 27 heavy (non-hydrogen) atoms. The lowest BCUT2D eigenvalue weighted by Gasteiger charge is -2.67. The van der Waals surface area contributed by atoms with Gasteiger partial charge in [-0.05, 0) is 36.5 Å². The van der Waals surface area contributed by atoms with Crippen LogP contribution in [0.15, 0.2) is 24.3 Å². The number of alkyl halides is 3. The van der Waals surface area contributed by atoms with E-state index in [1.165, 1.54) is 0 Å². The van der Waals surface area contributed by atoms with Gasteiger partial charge in [-0.1, -0.05) is 79.3 Å². The highest BCUT2D eigenvalue weighted by molar-refractivity contribution is 9.24. The third-order valence-corrected chi connectivity index (χ3v) is 11.1.